The van der Waals surface area contributed by atoms with Gasteiger partial charge in [-0.25, -0.2) is 4.39 Å². The van der Waals surface area contributed by atoms with Gasteiger partial charge in [-0.05, 0) is 70.8 Å². The minimum absolute atomic E-state index is 0.0754. The molecule has 2 N–H and O–H groups in total. The van der Waals surface area contributed by atoms with Gasteiger partial charge in [-0.3, -0.25) is 14.5 Å². The minimum atomic E-state index is -0.388. The molecule has 2 atom stereocenters. The fourth-order valence-electron chi connectivity index (χ4n) is 5.15. The van der Waals surface area contributed by atoms with Gasteiger partial charge in [0.05, 0.1) is 18.9 Å². The number of amides is 2. The van der Waals surface area contributed by atoms with E-state index in [9.17, 15) is 14.0 Å². The normalized spacial score (nSPS) is 17.5. The van der Waals surface area contributed by atoms with Crippen LogP contribution in [0.15, 0.2) is 91.0 Å². The van der Waals surface area contributed by atoms with Crippen molar-refractivity contribution < 1.29 is 18.7 Å². The number of carbonyl (C=O) groups excluding carboxylic acids is 2. The van der Waals surface area contributed by atoms with Crippen molar-refractivity contribution in [3.63, 3.8) is 0 Å². The van der Waals surface area contributed by atoms with Crippen LogP contribution in [0.3, 0.4) is 0 Å². The molecule has 5 rings (SSSR count). The van der Waals surface area contributed by atoms with Gasteiger partial charge in [0.15, 0.2) is 0 Å². The van der Waals surface area contributed by atoms with Crippen LogP contribution in [0, 0.1) is 17.7 Å². The summed E-state index contributed by atoms with van der Waals surface area (Å²) in [5.74, 6) is -0.577. The Morgan fingerprint density at radius 3 is 2.23 bits per heavy atom. The first-order valence-corrected chi connectivity index (χ1v) is 13.1. The number of benzene rings is 4. The summed E-state index contributed by atoms with van der Waals surface area (Å²) < 4.78 is 18.5. The number of nitrogens with zero attached hydrogens (tertiary/aromatic N) is 1. The maximum absolute atomic E-state index is 13.3. The van der Waals surface area contributed by atoms with Crippen LogP contribution >= 0.6 is 0 Å². The highest BCUT2D eigenvalue weighted by Crippen LogP contribution is 2.26. The van der Waals surface area contributed by atoms with Crippen LogP contribution in [-0.2, 0) is 22.7 Å². The Balaban J connectivity index is 1.30. The minimum Gasteiger partial charge on any atom is -0.497 e. The standard InChI is InChI=1S/C32H32FN3O3/c1-39-30-14-7-22(8-15-30)18-34-31(37)26-17-27(32(38)35-29-12-10-28(33)11-13-29)21-36(20-26)19-23-6-9-24-4-2-3-5-25(24)16-23/h2-16,26-27H,17-21H2,1H3,(H,34,37)(H,35,38)/t26-,27+/m0/s1. The van der Waals surface area contributed by atoms with Gasteiger partial charge in [0.2, 0.25) is 11.8 Å². The van der Waals surface area contributed by atoms with E-state index in [1.165, 1.54) is 17.5 Å². The van der Waals surface area contributed by atoms with Gasteiger partial charge >= 0.3 is 0 Å². The zero-order valence-electron chi connectivity index (χ0n) is 21.9. The van der Waals surface area contributed by atoms with Gasteiger partial charge in [-0.15, -0.1) is 0 Å². The van der Waals surface area contributed by atoms with Crippen molar-refractivity contribution in [2.45, 2.75) is 19.5 Å². The summed E-state index contributed by atoms with van der Waals surface area (Å²) in [6, 6.07) is 27.9. The smallest absolute Gasteiger partial charge is 0.228 e. The maximum atomic E-state index is 13.3. The second kappa shape index (κ2) is 12.1. The number of nitrogens with one attached hydrogen (secondary N) is 2. The summed E-state index contributed by atoms with van der Waals surface area (Å²) in [6.07, 6.45) is 0.440. The van der Waals surface area contributed by atoms with Crippen LogP contribution in [0.25, 0.3) is 10.8 Å². The van der Waals surface area contributed by atoms with Crippen LogP contribution in [0.1, 0.15) is 17.5 Å². The Labute approximate surface area is 227 Å². The van der Waals surface area contributed by atoms with Crippen LogP contribution in [0.4, 0.5) is 10.1 Å². The fourth-order valence-corrected chi connectivity index (χ4v) is 5.15. The zero-order valence-corrected chi connectivity index (χ0v) is 21.9. The summed E-state index contributed by atoms with van der Waals surface area (Å²) in [7, 11) is 1.62. The predicted molar refractivity (Wildman–Crippen MR) is 151 cm³/mol. The van der Waals surface area contributed by atoms with Crippen LogP contribution < -0.4 is 15.4 Å². The third-order valence-electron chi connectivity index (χ3n) is 7.23. The number of likely N-dealkylation sites (tertiary alicyclic amines) is 1. The highest BCUT2D eigenvalue weighted by molar-refractivity contribution is 5.93. The molecule has 1 fully saturated rings. The highest BCUT2D eigenvalue weighted by Gasteiger charge is 2.35. The number of hydrogen-bond acceptors (Lipinski definition) is 4. The second-order valence-electron chi connectivity index (χ2n) is 10.1. The summed E-state index contributed by atoms with van der Waals surface area (Å²) in [6.45, 7) is 2.12. The van der Waals surface area contributed by atoms with E-state index in [1.807, 2.05) is 36.4 Å². The molecule has 7 heteroatoms. The Kier molecular flexibility index (Phi) is 8.18. The van der Waals surface area contributed by atoms with Crippen molar-refractivity contribution in [2.75, 3.05) is 25.5 Å². The molecule has 0 spiro atoms. The molecule has 0 saturated carbocycles. The molecular formula is C32H32FN3O3. The highest BCUT2D eigenvalue weighted by atomic mass is 19.1. The second-order valence-corrected chi connectivity index (χ2v) is 10.1. The largest absolute Gasteiger partial charge is 0.497 e. The topological polar surface area (TPSA) is 70.7 Å². The molecule has 1 saturated heterocycles. The number of fused-ring (bicyclic) bond motifs is 1. The molecule has 0 radical (unpaired) electrons. The lowest BCUT2D eigenvalue weighted by molar-refractivity contribution is -0.130. The van der Waals surface area contributed by atoms with Crippen molar-refractivity contribution >= 4 is 28.3 Å². The molecule has 39 heavy (non-hydrogen) atoms. The number of piperidine rings is 1. The quantitative estimate of drug-likeness (QED) is 0.324. The molecule has 1 aliphatic rings. The first kappa shape index (κ1) is 26.4. The van der Waals surface area contributed by atoms with E-state index in [0.29, 0.717) is 38.3 Å². The van der Waals surface area contributed by atoms with Crippen LogP contribution in [0.2, 0.25) is 0 Å². The summed E-state index contributed by atoms with van der Waals surface area (Å²) in [5, 5.41) is 8.28. The molecule has 1 heterocycles. The molecule has 2 amide bonds. The number of ether oxygens (including phenoxy) is 1. The Hall–Kier alpha value is -4.23. The molecule has 0 bridgehead atoms. The summed E-state index contributed by atoms with van der Waals surface area (Å²) in [5.41, 5.74) is 2.64. The van der Waals surface area contributed by atoms with Crippen molar-refractivity contribution in [3.05, 3.63) is 108 Å². The van der Waals surface area contributed by atoms with Gasteiger partial charge < -0.3 is 15.4 Å². The van der Waals surface area contributed by atoms with E-state index in [0.717, 1.165) is 22.3 Å². The van der Waals surface area contributed by atoms with E-state index in [1.54, 1.807) is 19.2 Å². The molecule has 200 valence electrons. The molecule has 0 aromatic heterocycles. The molecule has 0 unspecified atom stereocenters. The summed E-state index contributed by atoms with van der Waals surface area (Å²) in [4.78, 5) is 28.7. The Morgan fingerprint density at radius 1 is 0.846 bits per heavy atom. The Morgan fingerprint density at radius 2 is 1.51 bits per heavy atom. The fraction of sp³-hybridized carbons (Fsp3) is 0.250. The maximum Gasteiger partial charge on any atom is 0.228 e. The molecule has 6 nitrogen and oxygen atoms in total. The van der Waals surface area contributed by atoms with Crippen LogP contribution in [0.5, 0.6) is 5.75 Å². The van der Waals surface area contributed by atoms with E-state index >= 15 is 0 Å². The first-order chi connectivity index (χ1) is 19.0. The predicted octanol–water partition coefficient (Wildman–Crippen LogP) is 5.38. The van der Waals surface area contributed by atoms with Gasteiger partial charge in [0, 0.05) is 31.9 Å². The van der Waals surface area contributed by atoms with Crippen molar-refractivity contribution in [2.24, 2.45) is 11.8 Å². The van der Waals surface area contributed by atoms with Gasteiger partial charge in [0.1, 0.15) is 11.6 Å². The number of anilines is 1. The van der Waals surface area contributed by atoms with Crippen LogP contribution in [-0.4, -0.2) is 36.9 Å². The average molecular weight is 526 g/mol. The molecule has 0 aliphatic carbocycles. The molecular weight excluding hydrogens is 493 g/mol. The van der Waals surface area contributed by atoms with E-state index < -0.39 is 0 Å². The molecule has 4 aromatic carbocycles. The number of methoxy groups -OCH3 is 1. The lowest BCUT2D eigenvalue weighted by Crippen LogP contribution is -2.48. The first-order valence-electron chi connectivity index (χ1n) is 13.1. The number of rotatable bonds is 8. The van der Waals surface area contributed by atoms with E-state index in [-0.39, 0.29) is 29.5 Å². The number of carbonyl (C=O) groups is 2. The van der Waals surface area contributed by atoms with Gasteiger partial charge in [0.25, 0.3) is 0 Å². The van der Waals surface area contributed by atoms with Gasteiger partial charge in [-0.1, -0.05) is 48.5 Å². The third-order valence-corrected chi connectivity index (χ3v) is 7.23. The average Bonchev–Trinajstić information content (AvgIpc) is 2.97. The van der Waals surface area contributed by atoms with Crippen molar-refractivity contribution in [1.82, 2.24) is 10.2 Å². The van der Waals surface area contributed by atoms with Gasteiger partial charge in [-0.2, -0.15) is 0 Å². The summed E-state index contributed by atoms with van der Waals surface area (Å²) >= 11 is 0. The SMILES string of the molecule is COc1ccc(CNC(=O)[C@H]2C[C@@H](C(=O)Nc3ccc(F)cc3)CN(Cc3ccc4ccccc4c3)C2)cc1. The lowest BCUT2D eigenvalue weighted by Gasteiger charge is -2.36. The Bertz CT molecular complexity index is 1440. The van der Waals surface area contributed by atoms with E-state index in [2.05, 4.69) is 45.9 Å². The van der Waals surface area contributed by atoms with Crippen molar-refractivity contribution in [1.29, 1.82) is 0 Å². The molecule has 4 aromatic rings. The third kappa shape index (κ3) is 6.81. The van der Waals surface area contributed by atoms with Crippen molar-refractivity contribution in [3.8, 4) is 5.75 Å². The number of hydrogen-bond donors (Lipinski definition) is 2. The van der Waals surface area contributed by atoms with E-state index in [4.69, 9.17) is 4.74 Å². The lowest BCUT2D eigenvalue weighted by atomic mass is 9.87. The zero-order chi connectivity index (χ0) is 27.2. The number of halogens is 1. The molecule has 1 aliphatic heterocycles. The monoisotopic (exact) mass is 525 g/mol.